The molecule has 52 heavy (non-hydrogen) atoms. The van der Waals surface area contributed by atoms with E-state index in [1.54, 1.807) is 0 Å². The second kappa shape index (κ2) is 19.4. The summed E-state index contributed by atoms with van der Waals surface area (Å²) >= 11 is 0.236. The van der Waals surface area contributed by atoms with Gasteiger partial charge in [0.05, 0.1) is 38.1 Å². The number of nitrogens with one attached hydrogen (secondary N) is 1. The van der Waals surface area contributed by atoms with Crippen LogP contribution in [0.15, 0.2) is 102 Å². The van der Waals surface area contributed by atoms with Crippen molar-refractivity contribution < 1.29 is 143 Å². The summed E-state index contributed by atoms with van der Waals surface area (Å²) < 4.78 is 101. The number of phenolic OH excluding ortho intramolecular Hbond substituents is 1. The molecule has 254 valence electrons. The van der Waals surface area contributed by atoms with Crippen LogP contribution in [0.3, 0.4) is 0 Å². The van der Waals surface area contributed by atoms with Crippen LogP contribution in [0.5, 0.6) is 5.75 Å². The number of nitrogen functional groups attached to an aromatic ring is 1. The molecular formula is C26H15F2N8Na3O10S3. The third-order valence-electron chi connectivity index (χ3n) is 6.20. The van der Waals surface area contributed by atoms with E-state index in [4.69, 9.17) is 5.73 Å². The molecule has 0 bridgehead atoms. The first kappa shape index (κ1) is 45.9. The molecule has 0 saturated carbocycles. The predicted octanol–water partition coefficient (Wildman–Crippen LogP) is -4.18. The van der Waals surface area contributed by atoms with E-state index in [9.17, 15) is 45.1 Å². The van der Waals surface area contributed by atoms with E-state index in [-0.39, 0.29) is 145 Å². The Morgan fingerprint density at radius 1 is 0.808 bits per heavy atom. The van der Waals surface area contributed by atoms with Crippen LogP contribution in [-0.4, -0.2) is 41.0 Å². The maximum atomic E-state index is 13.5. The fraction of sp³-hybridized carbons (Fsp3) is 0. The Bertz CT molecular complexity index is 2360. The molecule has 0 spiro atoms. The zero-order valence-corrected chi connectivity index (χ0v) is 35.2. The summed E-state index contributed by atoms with van der Waals surface area (Å²) in [5.74, 6) is -2.22. The topological polar surface area (TPSA) is 289 Å². The van der Waals surface area contributed by atoms with Crippen LogP contribution in [0, 0.1) is 12.0 Å². The predicted molar refractivity (Wildman–Crippen MR) is 160 cm³/mol. The Labute approximate surface area is 362 Å². The van der Waals surface area contributed by atoms with E-state index in [1.165, 1.54) is 30.3 Å². The van der Waals surface area contributed by atoms with E-state index >= 15 is 0 Å². The molecule has 4 N–H and O–H groups in total. The maximum Gasteiger partial charge on any atom is 1.00 e. The van der Waals surface area contributed by atoms with Gasteiger partial charge in [-0.15, -0.1) is 15.3 Å². The molecule has 0 unspecified atom stereocenters. The zero-order chi connectivity index (χ0) is 35.5. The van der Waals surface area contributed by atoms with Crippen LogP contribution in [-0.2, 0) is 29.6 Å². The van der Waals surface area contributed by atoms with Gasteiger partial charge in [-0.05, 0) is 60.7 Å². The van der Waals surface area contributed by atoms with Gasteiger partial charge in [-0.2, -0.15) is 28.2 Å². The average molecular weight is 803 g/mol. The van der Waals surface area contributed by atoms with E-state index in [1.807, 2.05) is 0 Å². The van der Waals surface area contributed by atoms with Crippen molar-refractivity contribution >= 4 is 83.0 Å². The Morgan fingerprint density at radius 3 is 2.10 bits per heavy atom. The van der Waals surface area contributed by atoms with Crippen molar-refractivity contribution in [3.05, 3.63) is 78.8 Å². The summed E-state index contributed by atoms with van der Waals surface area (Å²) in [5.41, 5.74) is 5.16. The van der Waals surface area contributed by atoms with E-state index in [2.05, 4.69) is 45.1 Å². The monoisotopic (exact) mass is 802 g/mol. The first-order valence-corrected chi connectivity index (χ1v) is 16.4. The quantitative estimate of drug-likeness (QED) is 0.0131. The summed E-state index contributed by atoms with van der Waals surface area (Å²) in [6.45, 7) is 0. The number of nitrogens with zero attached hydrogens (tertiary/aromatic N) is 6. The van der Waals surface area contributed by atoms with Crippen molar-refractivity contribution in [2.24, 2.45) is 20.5 Å². The van der Waals surface area contributed by atoms with Crippen molar-refractivity contribution in [3.8, 4) is 5.75 Å². The number of benzene rings is 4. The molecule has 0 amide bonds. The van der Waals surface area contributed by atoms with Gasteiger partial charge in [-0.1, -0.05) is 0 Å². The number of hydrogen-bond acceptors (Lipinski definition) is 19. The minimum absolute atomic E-state index is 0. The number of hydrogen-bond donors (Lipinski definition) is 3. The second-order valence-corrected chi connectivity index (χ2v) is 12.8. The Kier molecular flexibility index (Phi) is 17.1. The van der Waals surface area contributed by atoms with Crippen molar-refractivity contribution in [3.63, 3.8) is 0 Å². The van der Waals surface area contributed by atoms with E-state index < -0.39 is 59.2 Å². The SMILES string of the molecule is Nc1ccc2c(O)c(N=Nc3cc(Nc4cc(F)nc(F)n4)ccc3S(=O)(=O)[O-])c(SOO[O-])cc2c1N=Nc1ccc(S(=O)(=O)[O-])cc1.[Na+].[Na+].[Na+]. The van der Waals surface area contributed by atoms with Crippen LogP contribution in [0.4, 0.5) is 48.7 Å². The van der Waals surface area contributed by atoms with Crippen molar-refractivity contribution in [1.29, 1.82) is 0 Å². The molecule has 0 atom stereocenters. The normalized spacial score (nSPS) is 11.6. The number of rotatable bonds is 11. The molecule has 0 aliphatic carbocycles. The molecule has 0 aliphatic heterocycles. The molecule has 18 nitrogen and oxygen atoms in total. The van der Waals surface area contributed by atoms with Gasteiger partial charge >= 0.3 is 94.8 Å². The molecular weight excluding hydrogens is 787 g/mol. The molecule has 5 rings (SSSR count). The van der Waals surface area contributed by atoms with Crippen LogP contribution in [0.2, 0.25) is 0 Å². The van der Waals surface area contributed by atoms with Gasteiger partial charge in [0, 0.05) is 22.5 Å². The first-order chi connectivity index (χ1) is 23.1. The van der Waals surface area contributed by atoms with Gasteiger partial charge in [0.2, 0.25) is 5.95 Å². The zero-order valence-electron chi connectivity index (χ0n) is 26.7. The smallest absolute Gasteiger partial charge is 0.744 e. The summed E-state index contributed by atoms with van der Waals surface area (Å²) in [5, 5.41) is 43.7. The molecule has 0 saturated heterocycles. The molecule has 1 aromatic heterocycles. The fourth-order valence-corrected chi connectivity index (χ4v) is 5.66. The molecule has 1 heterocycles. The summed E-state index contributed by atoms with van der Waals surface area (Å²) in [6, 6.07) is 12.0. The number of phenols is 1. The average Bonchev–Trinajstić information content (AvgIpc) is 3.01. The minimum atomic E-state index is -5.17. The standard InChI is InChI=1S/C26H18F2N8O10S3.3Na/c27-21-11-22(32-26(28)31-21)30-13-3-8-20(49(42,43)44)18(9-13)34-36-24-19(47-46-45-38)10-16-15(25(24)37)6-7-17(29)23(16)35-33-12-1-4-14(5-2-12)48(39,40)41;;;/h1-11,37-38H,29H2,(H,30,31,32)(H,39,40,41)(H,42,43,44);;;/q;3*+1/p-3. The molecule has 0 aliphatic rings. The van der Waals surface area contributed by atoms with Crippen molar-refractivity contribution in [2.45, 2.75) is 14.7 Å². The maximum absolute atomic E-state index is 13.5. The largest absolute Gasteiger partial charge is 1.00 e. The van der Waals surface area contributed by atoms with Gasteiger partial charge in [0.1, 0.15) is 43.1 Å². The van der Waals surface area contributed by atoms with Crippen LogP contribution < -0.4 is 105 Å². The van der Waals surface area contributed by atoms with Crippen molar-refractivity contribution in [2.75, 3.05) is 11.1 Å². The summed E-state index contributed by atoms with van der Waals surface area (Å²) in [4.78, 5) is 4.67. The molecule has 26 heteroatoms. The molecule has 0 fully saturated rings. The number of halogens is 2. The number of aromatic nitrogens is 2. The molecule has 4 aromatic carbocycles. The van der Waals surface area contributed by atoms with Crippen LogP contribution >= 0.6 is 12.0 Å². The Morgan fingerprint density at radius 2 is 1.48 bits per heavy atom. The van der Waals surface area contributed by atoms with Gasteiger partial charge in [0.25, 0.3) is 0 Å². The van der Waals surface area contributed by atoms with Gasteiger partial charge in [-0.25, -0.2) is 16.8 Å². The third kappa shape index (κ3) is 11.4. The second-order valence-electron chi connectivity index (χ2n) is 9.34. The molecule has 0 radical (unpaired) electrons. The van der Waals surface area contributed by atoms with Gasteiger partial charge in [0.15, 0.2) is 5.75 Å². The number of azo groups is 2. The Hall–Kier alpha value is -2.27. The van der Waals surface area contributed by atoms with E-state index in [0.717, 1.165) is 36.4 Å². The summed E-state index contributed by atoms with van der Waals surface area (Å²) in [6.07, 6.45) is -1.40. The van der Waals surface area contributed by atoms with Gasteiger partial charge in [-0.3, -0.25) is 5.04 Å². The third-order valence-corrected chi connectivity index (χ3v) is 8.55. The number of nitrogens with two attached hydrogens (primary N) is 1. The van der Waals surface area contributed by atoms with Gasteiger partial charge < -0.3 is 30.5 Å². The minimum Gasteiger partial charge on any atom is -0.744 e. The Balaban J connectivity index is 0.00000312. The first-order valence-electron chi connectivity index (χ1n) is 12.8. The van der Waals surface area contributed by atoms with Crippen LogP contribution in [0.25, 0.3) is 10.8 Å². The number of fused-ring (bicyclic) bond motifs is 1. The number of anilines is 3. The fourth-order valence-electron chi connectivity index (χ4n) is 4.12. The number of aromatic hydroxyl groups is 1. The van der Waals surface area contributed by atoms with Crippen LogP contribution in [0.1, 0.15) is 0 Å². The summed E-state index contributed by atoms with van der Waals surface area (Å²) in [7, 11) is -9.88. The van der Waals surface area contributed by atoms with E-state index in [0.29, 0.717) is 0 Å². The van der Waals surface area contributed by atoms with Crippen molar-refractivity contribution in [1.82, 2.24) is 9.97 Å². The molecule has 5 aromatic rings.